The first kappa shape index (κ1) is 7.01. The zero-order valence-corrected chi connectivity index (χ0v) is 4.85. The van der Waals surface area contributed by atoms with Gasteiger partial charge in [0.25, 0.3) is 5.91 Å². The molecule has 46 valence electrons. The fourth-order valence-corrected chi connectivity index (χ4v) is 0.321. The first-order valence-electron chi connectivity index (χ1n) is 2.44. The molecule has 0 aliphatic heterocycles. The summed E-state index contributed by atoms with van der Waals surface area (Å²) in [6, 6.07) is 0. The van der Waals surface area contributed by atoms with Crippen LogP contribution in [-0.4, -0.2) is 5.91 Å². The minimum absolute atomic E-state index is 0.146. The molecular formula is C5H10N2O. The van der Waals surface area contributed by atoms with Gasteiger partial charge in [-0.25, -0.2) is 0 Å². The van der Waals surface area contributed by atoms with Crippen molar-refractivity contribution in [3.05, 3.63) is 11.8 Å². The number of allylic oxidation sites excluding steroid dienone is 1. The predicted octanol–water partition coefficient (Wildman–Crippen LogP) is -0.276. The average Bonchev–Trinajstić information content (AvgIpc) is 1.67. The number of rotatable bonds is 2. The van der Waals surface area contributed by atoms with E-state index in [2.05, 4.69) is 0 Å². The molecule has 0 fully saturated rings. The van der Waals surface area contributed by atoms with E-state index in [4.69, 9.17) is 11.5 Å². The number of nitrogens with two attached hydrogens (primary N) is 2. The van der Waals surface area contributed by atoms with E-state index < -0.39 is 5.91 Å². The largest absolute Gasteiger partial charge is 0.395 e. The monoisotopic (exact) mass is 114 g/mol. The van der Waals surface area contributed by atoms with E-state index in [1.807, 2.05) is 6.92 Å². The minimum Gasteiger partial charge on any atom is -0.395 e. The Morgan fingerprint density at radius 1 is 1.62 bits per heavy atom. The highest BCUT2D eigenvalue weighted by Gasteiger charge is 1.92. The van der Waals surface area contributed by atoms with Crippen molar-refractivity contribution in [1.82, 2.24) is 0 Å². The van der Waals surface area contributed by atoms with Crippen LogP contribution in [0.4, 0.5) is 0 Å². The van der Waals surface area contributed by atoms with Crippen molar-refractivity contribution in [2.75, 3.05) is 0 Å². The molecular weight excluding hydrogens is 104 g/mol. The fraction of sp³-hybridized carbons (Fsp3) is 0.400. The van der Waals surface area contributed by atoms with Gasteiger partial charge in [-0.2, -0.15) is 0 Å². The Morgan fingerprint density at radius 3 is 2.25 bits per heavy atom. The van der Waals surface area contributed by atoms with Crippen LogP contribution in [0.5, 0.6) is 0 Å². The van der Waals surface area contributed by atoms with Crippen LogP contribution in [0.15, 0.2) is 11.8 Å². The predicted molar refractivity (Wildman–Crippen MR) is 31.8 cm³/mol. The molecule has 0 saturated heterocycles. The standard InChI is InChI=1S/C5H10N2O/c1-2-3-4(6)5(7)8/h3H,2,6H2,1H3,(H2,7,8)/b4-3+. The Labute approximate surface area is 48.4 Å². The van der Waals surface area contributed by atoms with Crippen molar-refractivity contribution < 1.29 is 4.79 Å². The van der Waals surface area contributed by atoms with Crippen LogP contribution in [0.1, 0.15) is 13.3 Å². The molecule has 0 aromatic heterocycles. The van der Waals surface area contributed by atoms with Gasteiger partial charge >= 0.3 is 0 Å². The molecule has 0 heterocycles. The number of carbonyl (C=O) groups is 1. The maximum atomic E-state index is 10.1. The van der Waals surface area contributed by atoms with E-state index in [0.717, 1.165) is 6.42 Å². The Kier molecular flexibility index (Phi) is 2.69. The number of amides is 1. The van der Waals surface area contributed by atoms with Crippen molar-refractivity contribution in [3.63, 3.8) is 0 Å². The first-order chi connectivity index (χ1) is 3.68. The third-order valence-corrected chi connectivity index (χ3v) is 0.709. The van der Waals surface area contributed by atoms with Crippen molar-refractivity contribution in [2.45, 2.75) is 13.3 Å². The molecule has 1 amide bonds. The number of hydrogen-bond acceptors (Lipinski definition) is 2. The molecule has 0 radical (unpaired) electrons. The summed E-state index contributed by atoms with van der Waals surface area (Å²) in [5, 5.41) is 0. The van der Waals surface area contributed by atoms with E-state index in [0.29, 0.717) is 0 Å². The first-order valence-corrected chi connectivity index (χ1v) is 2.44. The minimum atomic E-state index is -0.549. The third-order valence-electron chi connectivity index (χ3n) is 0.709. The van der Waals surface area contributed by atoms with Crippen LogP contribution in [0, 0.1) is 0 Å². The van der Waals surface area contributed by atoms with Crippen molar-refractivity contribution >= 4 is 5.91 Å². The maximum absolute atomic E-state index is 10.1. The van der Waals surface area contributed by atoms with Gasteiger partial charge in [-0.3, -0.25) is 4.79 Å². The molecule has 0 aliphatic carbocycles. The summed E-state index contributed by atoms with van der Waals surface area (Å²) in [7, 11) is 0. The van der Waals surface area contributed by atoms with Crippen molar-refractivity contribution in [3.8, 4) is 0 Å². The lowest BCUT2D eigenvalue weighted by Gasteiger charge is -1.89. The summed E-state index contributed by atoms with van der Waals surface area (Å²) >= 11 is 0. The molecule has 0 spiro atoms. The summed E-state index contributed by atoms with van der Waals surface area (Å²) in [6.07, 6.45) is 2.33. The van der Waals surface area contributed by atoms with Crippen LogP contribution in [-0.2, 0) is 4.79 Å². The van der Waals surface area contributed by atoms with E-state index >= 15 is 0 Å². The summed E-state index contributed by atoms with van der Waals surface area (Å²) in [4.78, 5) is 10.1. The number of primary amides is 1. The molecule has 4 N–H and O–H groups in total. The van der Waals surface area contributed by atoms with Gasteiger partial charge in [0.2, 0.25) is 0 Å². The highest BCUT2D eigenvalue weighted by molar-refractivity contribution is 5.90. The lowest BCUT2D eigenvalue weighted by molar-refractivity contribution is -0.114. The van der Waals surface area contributed by atoms with Gasteiger partial charge in [0, 0.05) is 0 Å². The normalized spacial score (nSPS) is 11.4. The summed E-state index contributed by atoms with van der Waals surface area (Å²) < 4.78 is 0. The van der Waals surface area contributed by atoms with E-state index in [1.54, 1.807) is 6.08 Å². The molecule has 8 heavy (non-hydrogen) atoms. The summed E-state index contributed by atoms with van der Waals surface area (Å²) in [5.74, 6) is -0.549. The average molecular weight is 114 g/mol. The number of hydrogen-bond donors (Lipinski definition) is 2. The third kappa shape index (κ3) is 2.23. The Morgan fingerprint density at radius 2 is 2.12 bits per heavy atom. The summed E-state index contributed by atoms with van der Waals surface area (Å²) in [5.41, 5.74) is 10.0. The zero-order chi connectivity index (χ0) is 6.57. The second-order valence-corrected chi connectivity index (χ2v) is 1.43. The fourth-order valence-electron chi connectivity index (χ4n) is 0.321. The highest BCUT2D eigenvalue weighted by Crippen LogP contribution is 1.83. The topological polar surface area (TPSA) is 69.1 Å². The Bertz CT molecular complexity index is 118. The van der Waals surface area contributed by atoms with E-state index in [9.17, 15) is 4.79 Å². The van der Waals surface area contributed by atoms with Gasteiger partial charge < -0.3 is 11.5 Å². The molecule has 0 aromatic carbocycles. The van der Waals surface area contributed by atoms with Crippen molar-refractivity contribution in [1.29, 1.82) is 0 Å². The molecule has 0 rings (SSSR count). The smallest absolute Gasteiger partial charge is 0.264 e. The van der Waals surface area contributed by atoms with Crippen LogP contribution in [0.3, 0.4) is 0 Å². The quantitative estimate of drug-likeness (QED) is 0.485. The Balaban J connectivity index is 3.80. The second-order valence-electron chi connectivity index (χ2n) is 1.43. The summed E-state index contributed by atoms with van der Waals surface area (Å²) in [6.45, 7) is 1.88. The maximum Gasteiger partial charge on any atom is 0.264 e. The second kappa shape index (κ2) is 3.07. The van der Waals surface area contributed by atoms with E-state index in [-0.39, 0.29) is 5.70 Å². The molecule has 0 atom stereocenters. The van der Waals surface area contributed by atoms with Gasteiger partial charge in [0.05, 0.1) is 5.70 Å². The SMILES string of the molecule is CC/C=C(/N)C(N)=O. The molecule has 0 unspecified atom stereocenters. The number of carbonyl (C=O) groups excluding carboxylic acids is 1. The zero-order valence-electron chi connectivity index (χ0n) is 4.85. The van der Waals surface area contributed by atoms with Crippen LogP contribution in [0.25, 0.3) is 0 Å². The molecule has 3 heteroatoms. The van der Waals surface area contributed by atoms with Crippen LogP contribution >= 0.6 is 0 Å². The molecule has 0 aliphatic rings. The van der Waals surface area contributed by atoms with Crippen molar-refractivity contribution in [2.24, 2.45) is 11.5 Å². The van der Waals surface area contributed by atoms with Crippen LogP contribution < -0.4 is 11.5 Å². The highest BCUT2D eigenvalue weighted by atomic mass is 16.1. The van der Waals surface area contributed by atoms with E-state index in [1.165, 1.54) is 0 Å². The van der Waals surface area contributed by atoms with Gasteiger partial charge in [-0.05, 0) is 6.42 Å². The van der Waals surface area contributed by atoms with Gasteiger partial charge in [-0.15, -0.1) is 0 Å². The Hall–Kier alpha value is -0.990. The molecule has 0 bridgehead atoms. The van der Waals surface area contributed by atoms with Crippen LogP contribution in [0.2, 0.25) is 0 Å². The lowest BCUT2D eigenvalue weighted by Crippen LogP contribution is -2.19. The lowest BCUT2D eigenvalue weighted by atomic mass is 10.3. The molecule has 0 saturated carbocycles. The molecule has 3 nitrogen and oxygen atoms in total. The van der Waals surface area contributed by atoms with Gasteiger partial charge in [0.1, 0.15) is 0 Å². The van der Waals surface area contributed by atoms with Gasteiger partial charge in [0.15, 0.2) is 0 Å². The molecule has 0 aromatic rings. The van der Waals surface area contributed by atoms with Gasteiger partial charge in [-0.1, -0.05) is 13.0 Å².